The lowest BCUT2D eigenvalue weighted by Gasteiger charge is -2.22. The predicted octanol–water partition coefficient (Wildman–Crippen LogP) is 6.79. The molecule has 1 heterocycles. The molecule has 1 fully saturated rings. The predicted molar refractivity (Wildman–Crippen MR) is 99.8 cm³/mol. The fraction of sp³-hybridized carbons (Fsp3) is 0.905. The summed E-state index contributed by atoms with van der Waals surface area (Å²) in [5.41, 5.74) is 0. The molecule has 0 amide bonds. The zero-order chi connectivity index (χ0) is 16.4. The SMILES string of the molecule is CCCCCCCCCC/C=C\CCCCOC1CCCCO1. The van der Waals surface area contributed by atoms with Gasteiger partial charge in [0.1, 0.15) is 0 Å². The van der Waals surface area contributed by atoms with Crippen molar-refractivity contribution >= 4 is 0 Å². The first-order chi connectivity index (χ1) is 11.4. The van der Waals surface area contributed by atoms with Crippen LogP contribution in [0.1, 0.15) is 103 Å². The highest BCUT2D eigenvalue weighted by molar-refractivity contribution is 4.81. The lowest BCUT2D eigenvalue weighted by atomic mass is 10.1. The van der Waals surface area contributed by atoms with Crippen molar-refractivity contribution in [1.29, 1.82) is 0 Å². The monoisotopic (exact) mass is 324 g/mol. The largest absolute Gasteiger partial charge is 0.353 e. The van der Waals surface area contributed by atoms with Crippen LogP contribution < -0.4 is 0 Å². The third-order valence-corrected chi connectivity index (χ3v) is 4.60. The van der Waals surface area contributed by atoms with Crippen molar-refractivity contribution in [1.82, 2.24) is 0 Å². The van der Waals surface area contributed by atoms with Crippen LogP contribution in [0.5, 0.6) is 0 Å². The summed E-state index contributed by atoms with van der Waals surface area (Å²) in [6.07, 6.45) is 24.5. The van der Waals surface area contributed by atoms with Gasteiger partial charge in [-0.1, -0.05) is 64.0 Å². The molecule has 1 unspecified atom stereocenters. The third kappa shape index (κ3) is 13.8. The average molecular weight is 325 g/mol. The zero-order valence-corrected chi connectivity index (χ0v) is 15.6. The van der Waals surface area contributed by atoms with E-state index < -0.39 is 0 Å². The van der Waals surface area contributed by atoms with E-state index in [0.29, 0.717) is 0 Å². The van der Waals surface area contributed by atoms with Gasteiger partial charge in [0.05, 0.1) is 0 Å². The van der Waals surface area contributed by atoms with Gasteiger partial charge < -0.3 is 9.47 Å². The van der Waals surface area contributed by atoms with Crippen LogP contribution in [0.2, 0.25) is 0 Å². The summed E-state index contributed by atoms with van der Waals surface area (Å²) in [7, 11) is 0. The van der Waals surface area contributed by atoms with Crippen LogP contribution in [0.15, 0.2) is 12.2 Å². The molecule has 1 aliphatic rings. The second-order valence-electron chi connectivity index (χ2n) is 6.90. The minimum atomic E-state index is 0.0845. The highest BCUT2D eigenvalue weighted by atomic mass is 16.7. The molecular formula is C21H40O2. The summed E-state index contributed by atoms with van der Waals surface area (Å²) in [6, 6.07) is 0. The molecule has 2 heteroatoms. The smallest absolute Gasteiger partial charge is 0.157 e. The van der Waals surface area contributed by atoms with E-state index in [9.17, 15) is 0 Å². The molecule has 0 saturated carbocycles. The van der Waals surface area contributed by atoms with Crippen molar-refractivity contribution in [3.63, 3.8) is 0 Å². The molecule has 1 saturated heterocycles. The van der Waals surface area contributed by atoms with Gasteiger partial charge in [0.15, 0.2) is 6.29 Å². The highest BCUT2D eigenvalue weighted by Gasteiger charge is 2.12. The lowest BCUT2D eigenvalue weighted by molar-refractivity contribution is -0.162. The fourth-order valence-corrected chi connectivity index (χ4v) is 3.05. The van der Waals surface area contributed by atoms with Crippen LogP contribution in [0.4, 0.5) is 0 Å². The number of rotatable bonds is 15. The molecule has 0 radical (unpaired) electrons. The normalized spacial score (nSPS) is 18.7. The Morgan fingerprint density at radius 1 is 0.826 bits per heavy atom. The van der Waals surface area contributed by atoms with Crippen LogP contribution in [0.25, 0.3) is 0 Å². The van der Waals surface area contributed by atoms with Crippen molar-refractivity contribution < 1.29 is 9.47 Å². The Bertz CT molecular complexity index is 257. The Kier molecular flexibility index (Phi) is 14.9. The molecule has 0 aliphatic carbocycles. The van der Waals surface area contributed by atoms with Gasteiger partial charge in [-0.05, 0) is 51.4 Å². The van der Waals surface area contributed by atoms with E-state index in [2.05, 4.69) is 19.1 Å². The van der Waals surface area contributed by atoms with Gasteiger partial charge >= 0.3 is 0 Å². The van der Waals surface area contributed by atoms with Gasteiger partial charge in [0.25, 0.3) is 0 Å². The Hall–Kier alpha value is -0.340. The van der Waals surface area contributed by atoms with Gasteiger partial charge in [0, 0.05) is 13.2 Å². The molecule has 0 aromatic heterocycles. The summed E-state index contributed by atoms with van der Waals surface area (Å²) in [5.74, 6) is 0. The third-order valence-electron chi connectivity index (χ3n) is 4.60. The standard InChI is InChI=1S/C21H40O2/c1-2-3-4-5-6-7-8-9-10-11-12-13-14-16-19-22-21-18-15-17-20-23-21/h11-12,21H,2-10,13-20H2,1H3/b12-11-. The second-order valence-corrected chi connectivity index (χ2v) is 6.90. The fourth-order valence-electron chi connectivity index (χ4n) is 3.05. The Labute approximate surface area is 145 Å². The Morgan fingerprint density at radius 2 is 1.48 bits per heavy atom. The second kappa shape index (κ2) is 16.5. The number of hydrogen-bond donors (Lipinski definition) is 0. The molecule has 0 N–H and O–H groups in total. The minimum absolute atomic E-state index is 0.0845. The van der Waals surface area contributed by atoms with E-state index in [4.69, 9.17) is 9.47 Å². The first kappa shape index (κ1) is 20.7. The maximum absolute atomic E-state index is 5.74. The molecule has 23 heavy (non-hydrogen) atoms. The van der Waals surface area contributed by atoms with E-state index in [1.807, 2.05) is 0 Å². The first-order valence-corrected chi connectivity index (χ1v) is 10.3. The van der Waals surface area contributed by atoms with E-state index in [0.717, 1.165) is 26.1 Å². The van der Waals surface area contributed by atoms with Crippen molar-refractivity contribution in [3.05, 3.63) is 12.2 Å². The van der Waals surface area contributed by atoms with Crippen LogP contribution in [0.3, 0.4) is 0 Å². The van der Waals surface area contributed by atoms with E-state index in [1.54, 1.807) is 0 Å². The van der Waals surface area contributed by atoms with Crippen LogP contribution in [-0.2, 0) is 9.47 Å². The van der Waals surface area contributed by atoms with Crippen LogP contribution in [-0.4, -0.2) is 19.5 Å². The molecule has 0 bridgehead atoms. The van der Waals surface area contributed by atoms with Crippen molar-refractivity contribution in [2.75, 3.05) is 13.2 Å². The van der Waals surface area contributed by atoms with Gasteiger partial charge in [0.2, 0.25) is 0 Å². The summed E-state index contributed by atoms with van der Waals surface area (Å²) >= 11 is 0. The van der Waals surface area contributed by atoms with Gasteiger partial charge in [-0.2, -0.15) is 0 Å². The number of allylic oxidation sites excluding steroid dienone is 2. The molecule has 0 aromatic carbocycles. The highest BCUT2D eigenvalue weighted by Crippen LogP contribution is 2.14. The Morgan fingerprint density at radius 3 is 2.13 bits per heavy atom. The summed E-state index contributed by atoms with van der Waals surface area (Å²) in [4.78, 5) is 0. The number of hydrogen-bond acceptors (Lipinski definition) is 2. The van der Waals surface area contributed by atoms with Crippen molar-refractivity contribution in [3.8, 4) is 0 Å². The summed E-state index contributed by atoms with van der Waals surface area (Å²) in [5, 5.41) is 0. The minimum Gasteiger partial charge on any atom is -0.353 e. The van der Waals surface area contributed by atoms with Gasteiger partial charge in [-0.15, -0.1) is 0 Å². The Balaban J connectivity index is 1.73. The number of ether oxygens (including phenoxy) is 2. The van der Waals surface area contributed by atoms with E-state index >= 15 is 0 Å². The lowest BCUT2D eigenvalue weighted by Crippen LogP contribution is -2.22. The number of unbranched alkanes of at least 4 members (excludes halogenated alkanes) is 10. The molecule has 2 nitrogen and oxygen atoms in total. The molecule has 0 aromatic rings. The van der Waals surface area contributed by atoms with E-state index in [1.165, 1.54) is 83.5 Å². The van der Waals surface area contributed by atoms with Gasteiger partial charge in [-0.3, -0.25) is 0 Å². The molecule has 1 aliphatic heterocycles. The maximum Gasteiger partial charge on any atom is 0.157 e. The van der Waals surface area contributed by atoms with Crippen LogP contribution >= 0.6 is 0 Å². The molecular weight excluding hydrogens is 284 g/mol. The quantitative estimate of drug-likeness (QED) is 0.244. The molecule has 0 spiro atoms. The van der Waals surface area contributed by atoms with Crippen LogP contribution in [0, 0.1) is 0 Å². The topological polar surface area (TPSA) is 18.5 Å². The molecule has 1 atom stereocenters. The van der Waals surface area contributed by atoms with Crippen molar-refractivity contribution in [2.24, 2.45) is 0 Å². The maximum atomic E-state index is 5.74. The summed E-state index contributed by atoms with van der Waals surface area (Å²) in [6.45, 7) is 4.02. The molecule has 136 valence electrons. The first-order valence-electron chi connectivity index (χ1n) is 10.3. The van der Waals surface area contributed by atoms with Gasteiger partial charge in [-0.25, -0.2) is 0 Å². The zero-order valence-electron chi connectivity index (χ0n) is 15.6. The van der Waals surface area contributed by atoms with E-state index in [-0.39, 0.29) is 6.29 Å². The summed E-state index contributed by atoms with van der Waals surface area (Å²) < 4.78 is 11.3. The van der Waals surface area contributed by atoms with Crippen molar-refractivity contribution in [2.45, 2.75) is 110 Å². The molecule has 1 rings (SSSR count). The average Bonchev–Trinajstić information content (AvgIpc) is 2.59.